The lowest BCUT2D eigenvalue weighted by Crippen LogP contribution is -2.41. The zero-order valence-corrected chi connectivity index (χ0v) is 16.2. The van der Waals surface area contributed by atoms with Gasteiger partial charge in [0.25, 0.3) is 0 Å². The molecule has 2 heterocycles. The average molecular weight is 396 g/mol. The molecule has 1 aromatic heterocycles. The number of aromatic nitrogens is 1. The van der Waals surface area contributed by atoms with E-state index in [9.17, 15) is 4.39 Å². The minimum absolute atomic E-state index is 0.210. The molecule has 0 bridgehead atoms. The second-order valence-electron chi connectivity index (χ2n) is 7.00. The Morgan fingerprint density at radius 2 is 1.86 bits per heavy atom. The summed E-state index contributed by atoms with van der Waals surface area (Å²) < 4.78 is 14.2. The van der Waals surface area contributed by atoms with Crippen LogP contribution in [-0.2, 0) is 0 Å². The molecule has 1 aliphatic heterocycles. The van der Waals surface area contributed by atoms with Gasteiger partial charge in [-0.2, -0.15) is 0 Å². The Bertz CT molecular complexity index is 1040. The molecule has 5 nitrogen and oxygen atoms in total. The van der Waals surface area contributed by atoms with Crippen molar-refractivity contribution in [3.8, 4) is 11.1 Å². The van der Waals surface area contributed by atoms with Crippen LogP contribution in [0, 0.1) is 16.6 Å². The van der Waals surface area contributed by atoms with E-state index < -0.39 is 0 Å². The van der Waals surface area contributed by atoms with Crippen LogP contribution in [0.4, 0.5) is 4.39 Å². The maximum atomic E-state index is 14.2. The summed E-state index contributed by atoms with van der Waals surface area (Å²) in [7, 11) is 0. The van der Waals surface area contributed by atoms with E-state index in [0.29, 0.717) is 21.3 Å². The van der Waals surface area contributed by atoms with E-state index in [1.54, 1.807) is 18.3 Å². The molecule has 1 aliphatic rings. The third-order valence-corrected chi connectivity index (χ3v) is 6.02. The lowest BCUT2D eigenvalue weighted by molar-refractivity contribution is 0.317. The summed E-state index contributed by atoms with van der Waals surface area (Å²) in [5, 5.41) is 18.3. The van der Waals surface area contributed by atoms with Gasteiger partial charge in [-0.3, -0.25) is 10.8 Å². The highest BCUT2D eigenvalue weighted by atomic mass is 32.2. The van der Waals surface area contributed by atoms with Crippen molar-refractivity contribution >= 4 is 32.9 Å². The van der Waals surface area contributed by atoms with E-state index in [1.165, 1.54) is 6.07 Å². The number of rotatable bonds is 2. The zero-order chi connectivity index (χ0) is 19.7. The first-order chi connectivity index (χ1) is 13.5. The molecule has 0 atom stereocenters. The maximum Gasteiger partial charge on any atom is 0.162 e. The number of amidine groups is 1. The summed E-state index contributed by atoms with van der Waals surface area (Å²) in [6.45, 7) is 1.52. The van der Waals surface area contributed by atoms with Crippen LogP contribution in [-0.4, -0.2) is 39.2 Å². The fourth-order valence-electron chi connectivity index (χ4n) is 3.49. The summed E-state index contributed by atoms with van der Waals surface area (Å²) in [5.74, 6) is -0.275. The number of piperidine rings is 1. The molecule has 0 saturated carbocycles. The molecular weight excluding hydrogens is 373 g/mol. The molecule has 7 heteroatoms. The number of hydrogen-bond donors (Lipinski definition) is 4. The Balaban J connectivity index is 1.57. The summed E-state index contributed by atoms with van der Waals surface area (Å²) in [4.78, 5) is 5.14. The predicted molar refractivity (Wildman–Crippen MR) is 115 cm³/mol. The number of thioether (sulfide) groups is 1. The van der Waals surface area contributed by atoms with Gasteiger partial charge in [0.15, 0.2) is 5.17 Å². The number of nitrogens with one attached hydrogen (secondary N) is 3. The van der Waals surface area contributed by atoms with Crippen LogP contribution in [0.3, 0.4) is 0 Å². The van der Waals surface area contributed by atoms with Crippen LogP contribution in [0.2, 0.25) is 0 Å². The highest BCUT2D eigenvalue weighted by Crippen LogP contribution is 2.32. The van der Waals surface area contributed by atoms with Crippen LogP contribution in [0.5, 0.6) is 0 Å². The molecular formula is C21H22FN5S. The molecule has 4 rings (SSSR count). The van der Waals surface area contributed by atoms with E-state index in [2.05, 4.69) is 4.98 Å². The highest BCUT2D eigenvalue weighted by Gasteiger charge is 2.20. The first-order valence-electron chi connectivity index (χ1n) is 9.25. The highest BCUT2D eigenvalue weighted by molar-refractivity contribution is 8.26. The van der Waals surface area contributed by atoms with E-state index in [1.807, 2.05) is 29.2 Å². The normalized spacial score (nSPS) is 15.1. The number of nitrogens with two attached hydrogens (primary N) is 1. The summed E-state index contributed by atoms with van der Waals surface area (Å²) in [6.07, 6.45) is 3.54. The van der Waals surface area contributed by atoms with Crippen LogP contribution in [0.15, 0.2) is 48.7 Å². The van der Waals surface area contributed by atoms with Gasteiger partial charge in [-0.15, -0.1) is 0 Å². The van der Waals surface area contributed by atoms with Gasteiger partial charge < -0.3 is 15.6 Å². The topological polar surface area (TPSA) is 92.8 Å². The monoisotopic (exact) mass is 395 g/mol. The fourth-order valence-corrected chi connectivity index (χ4v) is 4.24. The number of benzene rings is 2. The first-order valence-corrected chi connectivity index (χ1v) is 10.1. The van der Waals surface area contributed by atoms with Gasteiger partial charge in [-0.25, -0.2) is 4.39 Å². The average Bonchev–Trinajstić information content (AvgIpc) is 3.12. The standard InChI is InChI=1S/C21H22FN5S/c22-18-4-2-1-3-15(18)17-12-26-19-6-5-13(11-16(17)19)20(24)28-21(25)27-9-7-14(23)8-10-27/h1-6,11-12,14,24-26H,7-10,23H2. The molecule has 0 spiro atoms. The van der Waals surface area contributed by atoms with Crippen molar-refractivity contribution in [1.29, 1.82) is 10.8 Å². The second-order valence-corrected chi connectivity index (χ2v) is 8.00. The summed E-state index contributed by atoms with van der Waals surface area (Å²) in [6, 6.07) is 12.5. The lowest BCUT2D eigenvalue weighted by Gasteiger charge is -2.31. The Labute approximate surface area is 167 Å². The van der Waals surface area contributed by atoms with Crippen LogP contribution < -0.4 is 5.73 Å². The van der Waals surface area contributed by atoms with E-state index in [4.69, 9.17) is 16.6 Å². The van der Waals surface area contributed by atoms with Crippen molar-refractivity contribution in [3.05, 3.63) is 60.0 Å². The molecule has 0 amide bonds. The number of hydrogen-bond acceptors (Lipinski definition) is 4. The maximum absolute atomic E-state index is 14.2. The van der Waals surface area contributed by atoms with Crippen molar-refractivity contribution in [2.75, 3.05) is 13.1 Å². The van der Waals surface area contributed by atoms with E-state index in [-0.39, 0.29) is 11.9 Å². The third kappa shape index (κ3) is 3.68. The van der Waals surface area contributed by atoms with E-state index >= 15 is 0 Å². The van der Waals surface area contributed by atoms with Gasteiger partial charge in [0.05, 0.1) is 0 Å². The molecule has 0 unspecified atom stereocenters. The molecule has 28 heavy (non-hydrogen) atoms. The number of nitrogens with zero attached hydrogens (tertiary/aromatic N) is 1. The Kier molecular flexibility index (Phi) is 5.19. The molecule has 0 radical (unpaired) electrons. The van der Waals surface area contributed by atoms with Crippen molar-refractivity contribution in [2.45, 2.75) is 18.9 Å². The quantitative estimate of drug-likeness (QED) is 0.383. The van der Waals surface area contributed by atoms with Gasteiger partial charge in [0, 0.05) is 52.9 Å². The number of H-pyrrole nitrogens is 1. The third-order valence-electron chi connectivity index (χ3n) is 5.13. The SMILES string of the molecule is N=C(SC(=N)N1CCC(N)CC1)c1ccc2[nH]cc(-c3ccccc3F)c2c1. The molecule has 1 saturated heterocycles. The van der Waals surface area contributed by atoms with Gasteiger partial charge in [0.1, 0.15) is 10.9 Å². The van der Waals surface area contributed by atoms with Crippen LogP contribution >= 0.6 is 11.8 Å². The molecule has 1 fully saturated rings. The van der Waals surface area contributed by atoms with Gasteiger partial charge in [0.2, 0.25) is 0 Å². The number of fused-ring (bicyclic) bond motifs is 1. The Hall–Kier alpha value is -2.64. The molecule has 3 aromatic rings. The van der Waals surface area contributed by atoms with Gasteiger partial charge in [-0.1, -0.05) is 24.3 Å². The summed E-state index contributed by atoms with van der Waals surface area (Å²) >= 11 is 1.14. The Morgan fingerprint density at radius 3 is 2.61 bits per heavy atom. The van der Waals surface area contributed by atoms with Crippen LogP contribution in [0.1, 0.15) is 18.4 Å². The smallest absolute Gasteiger partial charge is 0.162 e. The number of halogens is 1. The molecule has 144 valence electrons. The van der Waals surface area contributed by atoms with Crippen LogP contribution in [0.25, 0.3) is 22.0 Å². The molecule has 2 aromatic carbocycles. The minimum Gasteiger partial charge on any atom is -0.361 e. The molecule has 0 aliphatic carbocycles. The summed E-state index contributed by atoms with van der Waals surface area (Å²) in [5.41, 5.74) is 8.83. The van der Waals surface area contributed by atoms with Crippen molar-refractivity contribution in [3.63, 3.8) is 0 Å². The van der Waals surface area contributed by atoms with Crippen molar-refractivity contribution in [2.24, 2.45) is 5.73 Å². The lowest BCUT2D eigenvalue weighted by atomic mass is 10.0. The Morgan fingerprint density at radius 1 is 1.11 bits per heavy atom. The minimum atomic E-state index is -0.275. The van der Waals surface area contributed by atoms with E-state index in [0.717, 1.165) is 54.2 Å². The predicted octanol–water partition coefficient (Wildman–Crippen LogP) is 4.39. The van der Waals surface area contributed by atoms with Crippen molar-refractivity contribution < 1.29 is 4.39 Å². The number of likely N-dealkylation sites (tertiary alicyclic amines) is 1. The molecule has 5 N–H and O–H groups in total. The number of aromatic amines is 1. The van der Waals surface area contributed by atoms with Gasteiger partial charge >= 0.3 is 0 Å². The fraction of sp³-hybridized carbons (Fsp3) is 0.238. The first kappa shape index (κ1) is 18.7. The van der Waals surface area contributed by atoms with Crippen molar-refractivity contribution in [1.82, 2.24) is 9.88 Å². The second kappa shape index (κ2) is 7.77. The van der Waals surface area contributed by atoms with Gasteiger partial charge in [-0.05, 0) is 42.8 Å². The zero-order valence-electron chi connectivity index (χ0n) is 15.3. The largest absolute Gasteiger partial charge is 0.361 e.